The quantitative estimate of drug-likeness (QED) is 0.803. The van der Waals surface area contributed by atoms with E-state index in [2.05, 4.69) is 19.2 Å². The van der Waals surface area contributed by atoms with Crippen molar-refractivity contribution < 1.29 is 4.74 Å². The third-order valence-corrected chi connectivity index (χ3v) is 3.18. The molecule has 82 valence electrons. The molecule has 1 heterocycles. The first-order valence-corrected chi connectivity index (χ1v) is 5.63. The summed E-state index contributed by atoms with van der Waals surface area (Å²) in [6.07, 6.45) is 0. The van der Waals surface area contributed by atoms with Crippen LogP contribution >= 0.6 is 11.6 Å². The molecule has 2 nitrogen and oxygen atoms in total. The topological polar surface area (TPSA) is 31.2 Å². The summed E-state index contributed by atoms with van der Waals surface area (Å²) in [5.41, 5.74) is 2.63. The Hall–Kier alpha value is -0.730. The smallest absolute Gasteiger partial charge is 0.138 e. The fourth-order valence-corrected chi connectivity index (χ4v) is 2.06. The van der Waals surface area contributed by atoms with Gasteiger partial charge in [-0.1, -0.05) is 11.6 Å². The molecule has 1 unspecified atom stereocenters. The van der Waals surface area contributed by atoms with Gasteiger partial charge in [0, 0.05) is 6.54 Å². The number of ether oxygens (including phenoxy) is 1. The summed E-state index contributed by atoms with van der Waals surface area (Å²) in [6.45, 7) is 7.92. The fourth-order valence-electron chi connectivity index (χ4n) is 1.84. The van der Waals surface area contributed by atoms with Gasteiger partial charge in [-0.15, -0.1) is 0 Å². The summed E-state index contributed by atoms with van der Waals surface area (Å²) in [6, 6.07) is 4.04. The zero-order chi connectivity index (χ0) is 11.1. The maximum Gasteiger partial charge on any atom is 0.138 e. The predicted octanol–water partition coefficient (Wildman–Crippen LogP) is 2.87. The van der Waals surface area contributed by atoms with Crippen molar-refractivity contribution >= 4 is 11.6 Å². The van der Waals surface area contributed by atoms with Gasteiger partial charge in [0.1, 0.15) is 5.75 Å². The van der Waals surface area contributed by atoms with Crippen LogP contribution in [0.3, 0.4) is 0 Å². The number of nitrogens with one attached hydrogen (secondary N) is 1. The Labute approximate surface area is 95.6 Å². The Morgan fingerprint density at radius 1 is 1.53 bits per heavy atom. The van der Waals surface area contributed by atoms with Crippen LogP contribution in [0.2, 0.25) is 5.02 Å². The van der Waals surface area contributed by atoms with Crippen molar-refractivity contribution in [2.24, 2.45) is 0 Å². The molecule has 15 heavy (non-hydrogen) atoms. The summed E-state index contributed by atoms with van der Waals surface area (Å²) in [4.78, 5) is 0. The van der Waals surface area contributed by atoms with Crippen molar-refractivity contribution in [3.8, 4) is 5.75 Å². The molecule has 1 aliphatic heterocycles. The summed E-state index contributed by atoms with van der Waals surface area (Å²) in [5.74, 6) is 0.782. The molecule has 0 aromatic heterocycles. The zero-order valence-electron chi connectivity index (χ0n) is 9.36. The Bertz CT molecular complexity index is 385. The lowest BCUT2D eigenvalue weighted by Gasteiger charge is -2.14. The number of rotatable bonds is 3. The Morgan fingerprint density at radius 2 is 2.20 bits per heavy atom. The van der Waals surface area contributed by atoms with E-state index in [4.69, 9.17) is 16.3 Å². The minimum absolute atomic E-state index is 0.123. The number of aryl methyl sites for hydroxylation is 1. The van der Waals surface area contributed by atoms with Crippen molar-refractivity contribution in [3.63, 3.8) is 0 Å². The highest BCUT2D eigenvalue weighted by atomic mass is 35.5. The molecular formula is C12H16ClNO. The van der Waals surface area contributed by atoms with Crippen molar-refractivity contribution in [2.75, 3.05) is 13.2 Å². The van der Waals surface area contributed by atoms with Gasteiger partial charge in [0.15, 0.2) is 0 Å². The molecule has 1 N–H and O–H groups in total. The standard InChI is InChI=1S/C12H16ClNO/c1-4-15-11-5-8(2)9(6-10(11)13)12(3)7-14-12/h5-6,14H,4,7H2,1-3H3. The largest absolute Gasteiger partial charge is 0.492 e. The molecule has 2 rings (SSSR count). The molecule has 0 radical (unpaired) electrons. The summed E-state index contributed by atoms with van der Waals surface area (Å²) < 4.78 is 5.45. The average molecular weight is 226 g/mol. The molecule has 1 aromatic rings. The summed E-state index contributed by atoms with van der Waals surface area (Å²) in [5, 5.41) is 4.05. The fraction of sp³-hybridized carbons (Fsp3) is 0.500. The molecule has 1 fully saturated rings. The SMILES string of the molecule is CCOc1cc(C)c(C2(C)CN2)cc1Cl. The lowest BCUT2D eigenvalue weighted by Crippen LogP contribution is -2.09. The second kappa shape index (κ2) is 3.69. The van der Waals surface area contributed by atoms with E-state index in [-0.39, 0.29) is 5.54 Å². The first-order chi connectivity index (χ1) is 7.07. The van der Waals surface area contributed by atoms with Gasteiger partial charge in [-0.25, -0.2) is 0 Å². The van der Waals surface area contributed by atoms with Crippen LogP contribution in [0, 0.1) is 6.92 Å². The lowest BCUT2D eigenvalue weighted by molar-refractivity contribution is 0.340. The van der Waals surface area contributed by atoms with Crippen molar-refractivity contribution in [1.82, 2.24) is 5.32 Å². The van der Waals surface area contributed by atoms with Gasteiger partial charge in [-0.2, -0.15) is 0 Å². The van der Waals surface area contributed by atoms with Gasteiger partial charge < -0.3 is 10.1 Å². The van der Waals surface area contributed by atoms with Crippen LogP contribution < -0.4 is 10.1 Å². The van der Waals surface area contributed by atoms with Crippen LogP contribution in [0.5, 0.6) is 5.75 Å². The van der Waals surface area contributed by atoms with Gasteiger partial charge >= 0.3 is 0 Å². The Balaban J connectivity index is 2.39. The van der Waals surface area contributed by atoms with Crippen LogP contribution in [0.15, 0.2) is 12.1 Å². The maximum absolute atomic E-state index is 6.16. The van der Waals surface area contributed by atoms with E-state index in [1.807, 2.05) is 19.1 Å². The molecule has 1 atom stereocenters. The van der Waals surface area contributed by atoms with Gasteiger partial charge in [-0.3, -0.25) is 0 Å². The van der Waals surface area contributed by atoms with E-state index in [0.717, 1.165) is 12.3 Å². The second-order valence-corrected chi connectivity index (χ2v) is 4.62. The van der Waals surface area contributed by atoms with Crippen LogP contribution in [-0.2, 0) is 5.54 Å². The Kier molecular flexibility index (Phi) is 2.65. The van der Waals surface area contributed by atoms with Crippen LogP contribution in [0.4, 0.5) is 0 Å². The minimum Gasteiger partial charge on any atom is -0.492 e. The lowest BCUT2D eigenvalue weighted by atomic mass is 9.96. The highest BCUT2D eigenvalue weighted by molar-refractivity contribution is 6.32. The van der Waals surface area contributed by atoms with E-state index >= 15 is 0 Å². The zero-order valence-corrected chi connectivity index (χ0v) is 10.1. The molecule has 0 bridgehead atoms. The maximum atomic E-state index is 6.16. The second-order valence-electron chi connectivity index (χ2n) is 4.22. The normalized spacial score (nSPS) is 24.0. The van der Waals surface area contributed by atoms with E-state index in [9.17, 15) is 0 Å². The minimum atomic E-state index is 0.123. The average Bonchev–Trinajstić information content (AvgIpc) is 2.91. The molecule has 1 aromatic carbocycles. The Morgan fingerprint density at radius 3 is 2.73 bits per heavy atom. The molecule has 0 spiro atoms. The monoisotopic (exact) mass is 225 g/mol. The van der Waals surface area contributed by atoms with Gasteiger partial charge in [0.2, 0.25) is 0 Å². The van der Waals surface area contributed by atoms with E-state index in [0.29, 0.717) is 11.6 Å². The van der Waals surface area contributed by atoms with Crippen molar-refractivity contribution in [2.45, 2.75) is 26.3 Å². The third kappa shape index (κ3) is 1.97. The number of hydrogen-bond acceptors (Lipinski definition) is 2. The summed E-state index contributed by atoms with van der Waals surface area (Å²) >= 11 is 6.16. The molecule has 0 saturated carbocycles. The molecular weight excluding hydrogens is 210 g/mol. The van der Waals surface area contributed by atoms with Gasteiger partial charge in [-0.05, 0) is 44.0 Å². The first kappa shape index (κ1) is 10.8. The molecule has 3 heteroatoms. The van der Waals surface area contributed by atoms with Crippen LogP contribution in [0.1, 0.15) is 25.0 Å². The highest BCUT2D eigenvalue weighted by Gasteiger charge is 2.39. The van der Waals surface area contributed by atoms with E-state index < -0.39 is 0 Å². The highest BCUT2D eigenvalue weighted by Crippen LogP contribution is 2.37. The number of benzene rings is 1. The molecule has 1 saturated heterocycles. The number of halogens is 1. The van der Waals surface area contributed by atoms with Gasteiger partial charge in [0.05, 0.1) is 17.2 Å². The van der Waals surface area contributed by atoms with Crippen molar-refractivity contribution in [1.29, 1.82) is 0 Å². The first-order valence-electron chi connectivity index (χ1n) is 5.25. The molecule has 1 aliphatic rings. The van der Waals surface area contributed by atoms with Crippen LogP contribution in [0.25, 0.3) is 0 Å². The van der Waals surface area contributed by atoms with E-state index in [1.165, 1.54) is 11.1 Å². The van der Waals surface area contributed by atoms with E-state index in [1.54, 1.807) is 0 Å². The number of hydrogen-bond donors (Lipinski definition) is 1. The molecule has 0 aliphatic carbocycles. The van der Waals surface area contributed by atoms with Crippen molar-refractivity contribution in [3.05, 3.63) is 28.3 Å². The predicted molar refractivity (Wildman–Crippen MR) is 62.7 cm³/mol. The summed E-state index contributed by atoms with van der Waals surface area (Å²) in [7, 11) is 0. The van der Waals surface area contributed by atoms with Crippen LogP contribution in [-0.4, -0.2) is 13.2 Å². The molecule has 0 amide bonds. The van der Waals surface area contributed by atoms with Gasteiger partial charge in [0.25, 0.3) is 0 Å². The third-order valence-electron chi connectivity index (χ3n) is 2.88.